The highest BCUT2D eigenvalue weighted by Crippen LogP contribution is 2.29. The number of amides is 2. The van der Waals surface area contributed by atoms with Crippen molar-refractivity contribution < 1.29 is 18.8 Å². The largest absolute Gasteiger partial charge is 0.368 e. The Morgan fingerprint density at radius 3 is 2.68 bits per heavy atom. The summed E-state index contributed by atoms with van der Waals surface area (Å²) in [5.74, 6) is 1.65. The van der Waals surface area contributed by atoms with Crippen molar-refractivity contribution in [1.82, 2.24) is 15.0 Å². The topological polar surface area (TPSA) is 87.9 Å². The fraction of sp³-hybridized carbons (Fsp3) is 0.706. The normalized spacial score (nSPS) is 19.7. The van der Waals surface area contributed by atoms with Crippen molar-refractivity contribution >= 4 is 17.6 Å². The van der Waals surface area contributed by atoms with Gasteiger partial charge in [0, 0.05) is 32.2 Å². The van der Waals surface area contributed by atoms with Crippen molar-refractivity contribution in [3.8, 4) is 0 Å². The minimum absolute atomic E-state index is 0.0443. The Labute approximate surface area is 147 Å². The molecule has 1 unspecified atom stereocenters. The number of nitrogens with one attached hydrogen (secondary N) is 1. The molecule has 1 saturated carbocycles. The van der Waals surface area contributed by atoms with E-state index in [4.69, 9.17) is 9.26 Å². The molecule has 3 rings (SSSR count). The van der Waals surface area contributed by atoms with Gasteiger partial charge in [-0.05, 0) is 32.6 Å². The number of rotatable bonds is 7. The van der Waals surface area contributed by atoms with Gasteiger partial charge in [0.2, 0.25) is 5.91 Å². The van der Waals surface area contributed by atoms with Crippen LogP contribution < -0.4 is 5.32 Å². The lowest BCUT2D eigenvalue weighted by molar-refractivity contribution is -0.144. The van der Waals surface area contributed by atoms with E-state index in [1.54, 1.807) is 13.0 Å². The first-order valence-electron chi connectivity index (χ1n) is 8.87. The van der Waals surface area contributed by atoms with Gasteiger partial charge in [-0.15, -0.1) is 0 Å². The standard InChI is InChI=1S/C17H26N4O4/c1-12-9-15(19-25-12)18-16(22)10-20-5-7-21(8-6-20)17(23)13(2)24-11-14-3-4-14/h9,13-14H,3-8,10-11H2,1-2H3,(H,18,19,22). The molecule has 0 radical (unpaired) electrons. The highest BCUT2D eigenvalue weighted by Gasteiger charge is 2.28. The Balaban J connectivity index is 1.37. The predicted octanol–water partition coefficient (Wildman–Crippen LogP) is 0.881. The maximum absolute atomic E-state index is 12.4. The van der Waals surface area contributed by atoms with Crippen molar-refractivity contribution in [1.29, 1.82) is 0 Å². The number of ether oxygens (including phenoxy) is 1. The van der Waals surface area contributed by atoms with Crippen LogP contribution in [-0.2, 0) is 14.3 Å². The zero-order chi connectivity index (χ0) is 17.8. The van der Waals surface area contributed by atoms with Gasteiger partial charge in [0.15, 0.2) is 5.82 Å². The lowest BCUT2D eigenvalue weighted by Gasteiger charge is -2.35. The average Bonchev–Trinajstić information content (AvgIpc) is 3.34. The molecule has 1 aromatic rings. The van der Waals surface area contributed by atoms with E-state index in [1.165, 1.54) is 12.8 Å². The van der Waals surface area contributed by atoms with Crippen LogP contribution in [-0.4, -0.2) is 72.2 Å². The number of aryl methyl sites for hydroxylation is 1. The number of anilines is 1. The highest BCUT2D eigenvalue weighted by molar-refractivity contribution is 5.91. The molecule has 8 heteroatoms. The third kappa shape index (κ3) is 5.27. The molecule has 2 amide bonds. The van der Waals surface area contributed by atoms with Crippen LogP contribution in [0.25, 0.3) is 0 Å². The van der Waals surface area contributed by atoms with Gasteiger partial charge in [0.25, 0.3) is 5.91 Å². The summed E-state index contributed by atoms with van der Waals surface area (Å²) in [6, 6.07) is 1.68. The summed E-state index contributed by atoms with van der Waals surface area (Å²) >= 11 is 0. The van der Waals surface area contributed by atoms with Crippen LogP contribution in [0.3, 0.4) is 0 Å². The average molecular weight is 350 g/mol. The Bertz CT molecular complexity index is 606. The summed E-state index contributed by atoms with van der Waals surface area (Å²) in [5, 5.41) is 6.45. The monoisotopic (exact) mass is 350 g/mol. The number of nitrogens with zero attached hydrogens (tertiary/aromatic N) is 3. The van der Waals surface area contributed by atoms with Crippen LogP contribution in [0.5, 0.6) is 0 Å². The fourth-order valence-electron chi connectivity index (χ4n) is 2.83. The Hall–Kier alpha value is -1.93. The second kappa shape index (κ2) is 7.97. The molecule has 138 valence electrons. The molecule has 1 N–H and O–H groups in total. The maximum atomic E-state index is 12.4. The van der Waals surface area contributed by atoms with Crippen LogP contribution in [0.15, 0.2) is 10.6 Å². The van der Waals surface area contributed by atoms with Gasteiger partial charge in [-0.25, -0.2) is 0 Å². The van der Waals surface area contributed by atoms with Crippen molar-refractivity contribution in [2.75, 3.05) is 44.6 Å². The molecule has 2 fully saturated rings. The highest BCUT2D eigenvalue weighted by atomic mass is 16.5. The summed E-state index contributed by atoms with van der Waals surface area (Å²) in [6.07, 6.45) is 2.05. The molecule has 8 nitrogen and oxygen atoms in total. The zero-order valence-electron chi connectivity index (χ0n) is 14.9. The van der Waals surface area contributed by atoms with E-state index in [9.17, 15) is 9.59 Å². The van der Waals surface area contributed by atoms with E-state index in [0.717, 1.165) is 0 Å². The summed E-state index contributed by atoms with van der Waals surface area (Å²) < 4.78 is 10.6. The fourth-order valence-corrected chi connectivity index (χ4v) is 2.83. The lowest BCUT2D eigenvalue weighted by atomic mass is 10.2. The van der Waals surface area contributed by atoms with Crippen molar-refractivity contribution in [2.45, 2.75) is 32.8 Å². The van der Waals surface area contributed by atoms with E-state index < -0.39 is 0 Å². The zero-order valence-corrected chi connectivity index (χ0v) is 14.9. The molecular formula is C17H26N4O4. The lowest BCUT2D eigenvalue weighted by Crippen LogP contribution is -2.52. The maximum Gasteiger partial charge on any atom is 0.251 e. The Morgan fingerprint density at radius 1 is 1.36 bits per heavy atom. The number of piperazine rings is 1. The molecule has 2 aliphatic rings. The Kier molecular flexibility index (Phi) is 5.70. The third-order valence-corrected chi connectivity index (χ3v) is 4.57. The van der Waals surface area contributed by atoms with E-state index in [1.807, 2.05) is 16.7 Å². The van der Waals surface area contributed by atoms with Crippen LogP contribution in [0.4, 0.5) is 5.82 Å². The first-order chi connectivity index (χ1) is 12.0. The molecule has 1 saturated heterocycles. The van der Waals surface area contributed by atoms with E-state index in [2.05, 4.69) is 10.5 Å². The van der Waals surface area contributed by atoms with Gasteiger partial charge in [0.1, 0.15) is 11.9 Å². The van der Waals surface area contributed by atoms with Crippen LogP contribution in [0, 0.1) is 12.8 Å². The summed E-state index contributed by atoms with van der Waals surface area (Å²) in [4.78, 5) is 28.3. The quantitative estimate of drug-likeness (QED) is 0.785. The van der Waals surface area contributed by atoms with Crippen molar-refractivity contribution in [3.05, 3.63) is 11.8 Å². The smallest absolute Gasteiger partial charge is 0.251 e. The van der Waals surface area contributed by atoms with Crippen molar-refractivity contribution in [2.24, 2.45) is 5.92 Å². The van der Waals surface area contributed by atoms with Crippen LogP contribution >= 0.6 is 0 Å². The number of hydrogen-bond donors (Lipinski definition) is 1. The third-order valence-electron chi connectivity index (χ3n) is 4.57. The molecule has 0 aromatic carbocycles. The van der Waals surface area contributed by atoms with Gasteiger partial charge in [-0.3, -0.25) is 14.5 Å². The molecule has 1 aliphatic heterocycles. The number of carbonyl (C=O) groups excluding carboxylic acids is 2. The molecule has 25 heavy (non-hydrogen) atoms. The van der Waals surface area contributed by atoms with E-state index >= 15 is 0 Å². The summed E-state index contributed by atoms with van der Waals surface area (Å²) in [6.45, 7) is 7.15. The SMILES string of the molecule is Cc1cc(NC(=O)CN2CCN(C(=O)C(C)OCC3CC3)CC2)no1. The van der Waals surface area contributed by atoms with E-state index in [-0.39, 0.29) is 24.5 Å². The number of hydrogen-bond acceptors (Lipinski definition) is 6. The second-order valence-corrected chi connectivity index (χ2v) is 6.89. The van der Waals surface area contributed by atoms with Gasteiger partial charge >= 0.3 is 0 Å². The number of aromatic nitrogens is 1. The van der Waals surface area contributed by atoms with Gasteiger partial charge < -0.3 is 19.5 Å². The van der Waals surface area contributed by atoms with E-state index in [0.29, 0.717) is 50.3 Å². The molecule has 1 atom stereocenters. The Morgan fingerprint density at radius 2 is 2.08 bits per heavy atom. The molecule has 2 heterocycles. The molecule has 1 aliphatic carbocycles. The first kappa shape index (κ1) is 17.9. The second-order valence-electron chi connectivity index (χ2n) is 6.89. The molecule has 1 aromatic heterocycles. The molecule has 0 bridgehead atoms. The van der Waals surface area contributed by atoms with Gasteiger partial charge in [0.05, 0.1) is 13.2 Å². The summed E-state index contributed by atoms with van der Waals surface area (Å²) in [7, 11) is 0. The van der Waals surface area contributed by atoms with Crippen LogP contribution in [0.1, 0.15) is 25.5 Å². The summed E-state index contributed by atoms with van der Waals surface area (Å²) in [5.41, 5.74) is 0. The van der Waals surface area contributed by atoms with Crippen molar-refractivity contribution in [3.63, 3.8) is 0 Å². The molecule has 0 spiro atoms. The van der Waals surface area contributed by atoms with Crippen LogP contribution in [0.2, 0.25) is 0 Å². The predicted molar refractivity (Wildman–Crippen MR) is 91.0 cm³/mol. The van der Waals surface area contributed by atoms with Gasteiger partial charge in [-0.1, -0.05) is 5.16 Å². The minimum atomic E-state index is -0.383. The minimum Gasteiger partial charge on any atom is -0.368 e. The first-order valence-corrected chi connectivity index (χ1v) is 8.87. The van der Waals surface area contributed by atoms with Gasteiger partial charge in [-0.2, -0.15) is 0 Å². The molecular weight excluding hydrogens is 324 g/mol. The number of carbonyl (C=O) groups is 2.